The molecule has 0 heterocycles. The molecule has 0 fully saturated rings. The Hall–Kier alpha value is 0.407. The summed E-state index contributed by atoms with van der Waals surface area (Å²) >= 11 is 4.19. The second-order valence-electron chi connectivity index (χ2n) is 13.0. The van der Waals surface area contributed by atoms with Gasteiger partial charge in [-0.15, -0.1) is 0 Å². The first-order valence-electron chi connectivity index (χ1n) is 19.4. The summed E-state index contributed by atoms with van der Waals surface area (Å²) in [6.07, 6.45) is 32.4. The molecule has 0 aliphatic heterocycles. The first kappa shape index (κ1) is 60.7. The van der Waals surface area contributed by atoms with Gasteiger partial charge in [-0.3, -0.25) is 9.59 Å². The summed E-state index contributed by atoms with van der Waals surface area (Å²) in [5.74, 6) is -8.72. The molecule has 0 aromatic heterocycles. The second-order valence-corrected chi connectivity index (χ2v) is 17.9. The first-order chi connectivity index (χ1) is 23.5. The number of carbonyl (C=O) groups is 2. The number of allylic oxidation sites excluding steroid dienone is 2. The van der Waals surface area contributed by atoms with Crippen LogP contribution in [0.1, 0.15) is 182 Å². The molecule has 2 unspecified atom stereocenters. The number of hydrogen-bond donors (Lipinski definition) is 9. The summed E-state index contributed by atoms with van der Waals surface area (Å²) in [5, 5.41) is 63.0. The van der Waals surface area contributed by atoms with Crippen molar-refractivity contribution in [2.45, 2.75) is 208 Å². The van der Waals surface area contributed by atoms with E-state index in [0.717, 1.165) is 25.7 Å². The molecule has 0 aliphatic rings. The molecule has 0 rings (SSSR count). The Labute approximate surface area is 344 Å². The van der Waals surface area contributed by atoms with Crippen LogP contribution in [0, 0.1) is 5.92 Å². The van der Waals surface area contributed by atoms with Crippen molar-refractivity contribution >= 4 is 70.1 Å². The van der Waals surface area contributed by atoms with Gasteiger partial charge in [-0.25, -0.2) is 0 Å². The predicted molar refractivity (Wildman–Crippen MR) is 219 cm³/mol. The fourth-order valence-corrected chi connectivity index (χ4v) is 8.93. The Morgan fingerprint density at radius 1 is 0.608 bits per heavy atom. The zero-order valence-corrected chi connectivity index (χ0v) is 40.8. The molecule has 0 aromatic carbocycles. The van der Waals surface area contributed by atoms with E-state index in [1.165, 1.54) is 109 Å². The molecule has 2 atom stereocenters. The van der Waals surface area contributed by atoms with Gasteiger partial charge >= 0.3 is 118 Å². The molecular formula is C38H81O10SSbSn. The maximum atomic E-state index is 10.5. The van der Waals surface area contributed by atoms with Gasteiger partial charge in [0, 0.05) is 6.42 Å². The summed E-state index contributed by atoms with van der Waals surface area (Å²) in [6.45, 7) is 11.1. The fourth-order valence-electron chi connectivity index (χ4n) is 4.47. The summed E-state index contributed by atoms with van der Waals surface area (Å²) in [6, 6.07) is 0. The number of unbranched alkanes of at least 4 members (excludes halogenated alkanes) is 14. The normalized spacial score (nSPS) is 12.3. The van der Waals surface area contributed by atoms with Gasteiger partial charge in [0.05, 0.1) is 5.25 Å². The van der Waals surface area contributed by atoms with Gasteiger partial charge in [0.15, 0.2) is 0 Å². The molecule has 0 saturated carbocycles. The van der Waals surface area contributed by atoms with Crippen molar-refractivity contribution < 1.29 is 50.4 Å². The zero-order chi connectivity index (χ0) is 39.1. The molecule has 0 bridgehead atoms. The van der Waals surface area contributed by atoms with Gasteiger partial charge in [0.25, 0.3) is 0 Å². The van der Waals surface area contributed by atoms with E-state index in [4.69, 9.17) is 40.9 Å². The topological polar surface area (TPSA) is 196 Å². The van der Waals surface area contributed by atoms with Crippen LogP contribution >= 0.6 is 12.6 Å². The van der Waals surface area contributed by atoms with E-state index < -0.39 is 29.1 Å². The van der Waals surface area contributed by atoms with Gasteiger partial charge in [-0.2, -0.15) is 12.6 Å². The zero-order valence-electron chi connectivity index (χ0n) is 33.0. The van der Waals surface area contributed by atoms with Crippen molar-refractivity contribution in [3.8, 4) is 0 Å². The third-order valence-corrected chi connectivity index (χ3v) is 12.4. The second kappa shape index (κ2) is 44.8. The summed E-state index contributed by atoms with van der Waals surface area (Å²) < 4.78 is 3.25. The first-order valence-corrected chi connectivity index (χ1v) is 23.9. The van der Waals surface area contributed by atoms with Gasteiger partial charge in [-0.1, -0.05) is 110 Å². The summed E-state index contributed by atoms with van der Waals surface area (Å²) in [4.78, 5) is 20.9. The molecular weight excluding hydrogens is 889 g/mol. The summed E-state index contributed by atoms with van der Waals surface area (Å²) in [7, 11) is 0. The minimum absolute atomic E-state index is 0. The standard InChI is InChI=1S/C18H34O2.C10H20O2S.2C4H9.C2H6O6.Sb.Sn.3H/c1-2-3-4-5-6-7-8-9-10-11-12-13-14-15-16-17-18(19)20;1-3-5-6-8(4-2)7-9(13)10(11)12;2*1-3-4-2;3-1(4,5)2(6,7)8;;;;;/h9-10H,2-8,11-17H2,1H3,(H,19,20);8-9,13H,3-7H2,1-2H3,(H,11,12);2*1,3-4H2,2H3;3-8H;;;;;/b10-9-;;;;;;;;;. The molecule has 8 N–H and O–H groups in total. The van der Waals surface area contributed by atoms with Crippen LogP contribution in [0.2, 0.25) is 8.87 Å². The Balaban J connectivity index is -0.000000197. The third-order valence-electron chi connectivity index (χ3n) is 7.90. The third kappa shape index (κ3) is 54.8. The monoisotopic (exact) mass is 970 g/mol. The Morgan fingerprint density at radius 2 is 1.00 bits per heavy atom. The van der Waals surface area contributed by atoms with Crippen molar-refractivity contribution in [3.63, 3.8) is 0 Å². The van der Waals surface area contributed by atoms with Crippen LogP contribution in [0.4, 0.5) is 0 Å². The van der Waals surface area contributed by atoms with Crippen LogP contribution in [0.15, 0.2) is 12.2 Å². The Kier molecular flexibility index (Phi) is 53.3. The number of hydrogen-bond acceptors (Lipinski definition) is 9. The average Bonchev–Trinajstić information content (AvgIpc) is 3.04. The molecule has 2 radical (unpaired) electrons. The maximum absolute atomic E-state index is 10.5. The van der Waals surface area contributed by atoms with Crippen LogP contribution < -0.4 is 0 Å². The summed E-state index contributed by atoms with van der Waals surface area (Å²) in [5.41, 5.74) is 0. The quantitative estimate of drug-likeness (QED) is 0.0121. The molecule has 13 heteroatoms. The van der Waals surface area contributed by atoms with E-state index in [-0.39, 0.29) is 45.6 Å². The number of carboxylic acids is 2. The van der Waals surface area contributed by atoms with E-state index in [9.17, 15) is 9.59 Å². The molecule has 0 aliphatic carbocycles. The average molecular weight is 971 g/mol. The van der Waals surface area contributed by atoms with Crippen LogP contribution in [0.25, 0.3) is 0 Å². The Morgan fingerprint density at radius 3 is 1.35 bits per heavy atom. The van der Waals surface area contributed by atoms with Gasteiger partial charge in [-0.05, 0) is 44.4 Å². The molecule has 51 heavy (non-hydrogen) atoms. The molecule has 0 saturated heterocycles. The van der Waals surface area contributed by atoms with Gasteiger partial charge in [0.1, 0.15) is 0 Å². The van der Waals surface area contributed by atoms with Crippen molar-refractivity contribution in [1.82, 2.24) is 0 Å². The van der Waals surface area contributed by atoms with E-state index >= 15 is 0 Å². The van der Waals surface area contributed by atoms with Crippen molar-refractivity contribution in [1.29, 1.82) is 0 Å². The number of rotatable bonds is 29. The molecule has 0 amide bonds. The number of aliphatic hydroxyl groups is 6. The van der Waals surface area contributed by atoms with E-state index in [1.54, 1.807) is 8.87 Å². The predicted octanol–water partition coefficient (Wildman–Crippen LogP) is 7.28. The van der Waals surface area contributed by atoms with Crippen molar-refractivity contribution in [2.75, 3.05) is 0 Å². The van der Waals surface area contributed by atoms with Crippen LogP contribution in [0.3, 0.4) is 0 Å². The van der Waals surface area contributed by atoms with Gasteiger partial charge in [0.2, 0.25) is 0 Å². The van der Waals surface area contributed by atoms with E-state index in [2.05, 4.69) is 59.4 Å². The van der Waals surface area contributed by atoms with Gasteiger partial charge < -0.3 is 40.9 Å². The molecule has 0 aromatic rings. The van der Waals surface area contributed by atoms with Crippen LogP contribution in [-0.2, 0) is 9.59 Å². The van der Waals surface area contributed by atoms with Crippen molar-refractivity contribution in [2.24, 2.45) is 5.92 Å². The van der Waals surface area contributed by atoms with Crippen LogP contribution in [0.5, 0.6) is 0 Å². The SMILES string of the molecule is CCCCC(CC)CC(S)C(=O)O.CCCCCCCC/C=C\CCCCCCCC(=O)O.CCC[CH2][Sn][CH2]CCC.OC(O)(O)C(O)(O)O.[SbH3]. The van der Waals surface area contributed by atoms with E-state index in [0.29, 0.717) is 18.8 Å². The van der Waals surface area contributed by atoms with E-state index in [1.807, 2.05) is 0 Å². The molecule has 308 valence electrons. The van der Waals surface area contributed by atoms with Crippen LogP contribution in [-0.4, -0.2) is 116 Å². The molecule has 10 nitrogen and oxygen atoms in total. The van der Waals surface area contributed by atoms with Crippen molar-refractivity contribution in [3.05, 3.63) is 12.2 Å². The fraction of sp³-hybridized carbons (Fsp3) is 0.895. The molecule has 0 spiro atoms. The minimum atomic E-state index is -3.90. The number of carboxylic acid groups (broad SMARTS) is 2. The number of aliphatic carboxylic acids is 2. The Bertz CT molecular complexity index is 731. The number of thiol groups is 1.